The molecule has 2 heterocycles. The molecule has 0 aliphatic carbocycles. The van der Waals surface area contributed by atoms with Crippen LogP contribution in [-0.4, -0.2) is 35.0 Å². The van der Waals surface area contributed by atoms with Crippen molar-refractivity contribution in [2.24, 2.45) is 0 Å². The van der Waals surface area contributed by atoms with Crippen LogP contribution in [-0.2, 0) is 4.79 Å². The molecule has 0 spiro atoms. The van der Waals surface area contributed by atoms with Gasteiger partial charge in [0.25, 0.3) is 5.91 Å². The summed E-state index contributed by atoms with van der Waals surface area (Å²) < 4.78 is 5.82. The number of carbonyl (C=O) groups excluding carboxylic acids is 1. The predicted molar refractivity (Wildman–Crippen MR) is 109 cm³/mol. The average molecular weight is 360 g/mol. The van der Waals surface area contributed by atoms with E-state index in [4.69, 9.17) is 4.74 Å². The van der Waals surface area contributed by atoms with Gasteiger partial charge in [-0.05, 0) is 44.0 Å². The fourth-order valence-corrected chi connectivity index (χ4v) is 3.58. The Balaban J connectivity index is 1.43. The van der Waals surface area contributed by atoms with Crippen LogP contribution >= 0.6 is 0 Å². The normalized spacial score (nSPS) is 15.5. The van der Waals surface area contributed by atoms with Gasteiger partial charge in [-0.15, -0.1) is 0 Å². The fourth-order valence-electron chi connectivity index (χ4n) is 3.58. The molecule has 0 bridgehead atoms. The third-order valence-corrected chi connectivity index (χ3v) is 5.14. The molecule has 1 aromatic heterocycles. The number of ether oxygens (including phenoxy) is 1. The number of rotatable bonds is 4. The SMILES string of the molecule is Cc1ccc(O[C@H](C)C(=O)N2CC=C(c3c[nH]c4ccccc34)CC2)cc1. The van der Waals surface area contributed by atoms with E-state index in [1.54, 1.807) is 0 Å². The van der Waals surface area contributed by atoms with Crippen LogP contribution in [0.3, 0.4) is 0 Å². The monoisotopic (exact) mass is 360 g/mol. The van der Waals surface area contributed by atoms with Crippen LogP contribution in [0.15, 0.2) is 60.8 Å². The molecule has 138 valence electrons. The second kappa shape index (κ2) is 7.31. The molecule has 1 atom stereocenters. The lowest BCUT2D eigenvalue weighted by molar-refractivity contribution is -0.137. The summed E-state index contributed by atoms with van der Waals surface area (Å²) in [6.45, 7) is 5.19. The zero-order chi connectivity index (χ0) is 18.8. The molecule has 1 aliphatic rings. The van der Waals surface area contributed by atoms with Gasteiger partial charge in [-0.1, -0.05) is 42.0 Å². The Bertz CT molecular complexity index is 985. The summed E-state index contributed by atoms with van der Waals surface area (Å²) in [7, 11) is 0. The highest BCUT2D eigenvalue weighted by molar-refractivity contribution is 5.93. The van der Waals surface area contributed by atoms with E-state index in [0.717, 1.165) is 17.7 Å². The van der Waals surface area contributed by atoms with Crippen LogP contribution in [0.5, 0.6) is 5.75 Å². The first-order valence-electron chi connectivity index (χ1n) is 9.39. The first kappa shape index (κ1) is 17.4. The number of fused-ring (bicyclic) bond motifs is 1. The number of para-hydroxylation sites is 1. The van der Waals surface area contributed by atoms with Crippen molar-refractivity contribution in [1.29, 1.82) is 0 Å². The number of carbonyl (C=O) groups is 1. The third kappa shape index (κ3) is 3.61. The van der Waals surface area contributed by atoms with Crippen molar-refractivity contribution in [3.8, 4) is 5.75 Å². The van der Waals surface area contributed by atoms with Crippen molar-refractivity contribution < 1.29 is 9.53 Å². The molecule has 0 saturated heterocycles. The van der Waals surface area contributed by atoms with Crippen molar-refractivity contribution in [3.05, 3.63) is 71.9 Å². The number of nitrogens with zero attached hydrogens (tertiary/aromatic N) is 1. The third-order valence-electron chi connectivity index (χ3n) is 5.14. The molecular weight excluding hydrogens is 336 g/mol. The number of aryl methyl sites for hydroxylation is 1. The van der Waals surface area contributed by atoms with Gasteiger partial charge in [0.2, 0.25) is 0 Å². The van der Waals surface area contributed by atoms with Crippen LogP contribution in [0, 0.1) is 6.92 Å². The summed E-state index contributed by atoms with van der Waals surface area (Å²) in [5, 5.41) is 1.24. The molecule has 0 radical (unpaired) electrons. The van der Waals surface area contributed by atoms with E-state index in [0.29, 0.717) is 13.1 Å². The van der Waals surface area contributed by atoms with Gasteiger partial charge in [-0.2, -0.15) is 0 Å². The van der Waals surface area contributed by atoms with Crippen LogP contribution in [0.25, 0.3) is 16.5 Å². The second-order valence-electron chi connectivity index (χ2n) is 7.08. The van der Waals surface area contributed by atoms with Gasteiger partial charge in [0.15, 0.2) is 6.10 Å². The minimum absolute atomic E-state index is 0.0322. The molecule has 3 aromatic rings. The van der Waals surface area contributed by atoms with E-state index in [1.165, 1.54) is 22.1 Å². The van der Waals surface area contributed by atoms with E-state index >= 15 is 0 Å². The Morgan fingerprint density at radius 3 is 2.67 bits per heavy atom. The summed E-state index contributed by atoms with van der Waals surface area (Å²) in [4.78, 5) is 17.9. The number of amides is 1. The van der Waals surface area contributed by atoms with E-state index < -0.39 is 6.10 Å². The Morgan fingerprint density at radius 1 is 1.15 bits per heavy atom. The zero-order valence-electron chi connectivity index (χ0n) is 15.7. The van der Waals surface area contributed by atoms with E-state index in [2.05, 4.69) is 35.5 Å². The first-order chi connectivity index (χ1) is 13.1. The molecule has 0 saturated carbocycles. The molecule has 4 nitrogen and oxygen atoms in total. The lowest BCUT2D eigenvalue weighted by Crippen LogP contribution is -2.42. The van der Waals surface area contributed by atoms with Gasteiger partial charge in [0.1, 0.15) is 5.75 Å². The zero-order valence-corrected chi connectivity index (χ0v) is 15.7. The number of aromatic amines is 1. The van der Waals surface area contributed by atoms with Gasteiger partial charge in [0.05, 0.1) is 0 Å². The molecule has 4 heteroatoms. The Morgan fingerprint density at radius 2 is 1.93 bits per heavy atom. The topological polar surface area (TPSA) is 45.3 Å². The highest BCUT2D eigenvalue weighted by atomic mass is 16.5. The molecule has 27 heavy (non-hydrogen) atoms. The quantitative estimate of drug-likeness (QED) is 0.741. The van der Waals surface area contributed by atoms with Crippen molar-refractivity contribution in [2.75, 3.05) is 13.1 Å². The van der Waals surface area contributed by atoms with Gasteiger partial charge < -0.3 is 14.6 Å². The standard InChI is InChI=1S/C23H24N2O2/c1-16-7-9-19(10-8-16)27-17(2)23(26)25-13-11-18(12-14-25)21-15-24-22-6-4-3-5-20(21)22/h3-11,15,17,24H,12-14H2,1-2H3/t17-/m1/s1. The second-order valence-corrected chi connectivity index (χ2v) is 7.08. The van der Waals surface area contributed by atoms with Gasteiger partial charge in [-0.25, -0.2) is 0 Å². The first-order valence-corrected chi connectivity index (χ1v) is 9.39. The van der Waals surface area contributed by atoms with Crippen molar-refractivity contribution in [3.63, 3.8) is 0 Å². The minimum Gasteiger partial charge on any atom is -0.481 e. The minimum atomic E-state index is -0.490. The number of aromatic nitrogens is 1. The van der Waals surface area contributed by atoms with Crippen LogP contribution in [0.4, 0.5) is 0 Å². The van der Waals surface area contributed by atoms with Crippen molar-refractivity contribution in [1.82, 2.24) is 9.88 Å². The number of hydrogen-bond acceptors (Lipinski definition) is 2. The van der Waals surface area contributed by atoms with Gasteiger partial charge in [-0.3, -0.25) is 4.79 Å². The van der Waals surface area contributed by atoms with E-state index in [9.17, 15) is 4.79 Å². The maximum Gasteiger partial charge on any atom is 0.263 e. The van der Waals surface area contributed by atoms with Gasteiger partial charge in [0, 0.05) is 35.8 Å². The predicted octanol–water partition coefficient (Wildman–Crippen LogP) is 4.56. The molecule has 0 fully saturated rings. The highest BCUT2D eigenvalue weighted by Crippen LogP contribution is 2.29. The molecule has 4 rings (SSSR count). The molecule has 0 unspecified atom stereocenters. The summed E-state index contributed by atoms with van der Waals surface area (Å²) in [6.07, 6.45) is 4.59. The Labute approximate surface area is 159 Å². The molecule has 1 aliphatic heterocycles. The molecule has 1 amide bonds. The Kier molecular flexibility index (Phi) is 4.71. The molecule has 2 aromatic carbocycles. The lowest BCUT2D eigenvalue weighted by Gasteiger charge is -2.29. The number of H-pyrrole nitrogens is 1. The van der Waals surface area contributed by atoms with Crippen LogP contribution in [0.1, 0.15) is 24.5 Å². The summed E-state index contributed by atoms with van der Waals surface area (Å²) in [5.41, 5.74) is 4.85. The van der Waals surface area contributed by atoms with E-state index in [-0.39, 0.29) is 5.91 Å². The Hall–Kier alpha value is -3.01. The van der Waals surface area contributed by atoms with Crippen LogP contribution < -0.4 is 4.74 Å². The summed E-state index contributed by atoms with van der Waals surface area (Å²) in [5.74, 6) is 0.762. The van der Waals surface area contributed by atoms with Crippen LogP contribution in [0.2, 0.25) is 0 Å². The van der Waals surface area contributed by atoms with Gasteiger partial charge >= 0.3 is 0 Å². The number of hydrogen-bond donors (Lipinski definition) is 1. The van der Waals surface area contributed by atoms with E-state index in [1.807, 2.05) is 49.1 Å². The lowest BCUT2D eigenvalue weighted by atomic mass is 9.99. The number of benzene rings is 2. The molecular formula is C23H24N2O2. The van der Waals surface area contributed by atoms with Crippen molar-refractivity contribution in [2.45, 2.75) is 26.4 Å². The summed E-state index contributed by atoms with van der Waals surface area (Å²) in [6, 6.07) is 16.1. The largest absolute Gasteiger partial charge is 0.481 e. The maximum atomic E-state index is 12.7. The smallest absolute Gasteiger partial charge is 0.263 e. The number of nitrogens with one attached hydrogen (secondary N) is 1. The van der Waals surface area contributed by atoms with Crippen molar-refractivity contribution >= 4 is 22.4 Å². The molecule has 1 N–H and O–H groups in total. The maximum absolute atomic E-state index is 12.7. The average Bonchev–Trinajstić information content (AvgIpc) is 3.13. The fraction of sp³-hybridized carbons (Fsp3) is 0.261. The summed E-state index contributed by atoms with van der Waals surface area (Å²) >= 11 is 0. The highest BCUT2D eigenvalue weighted by Gasteiger charge is 2.24.